The molecule has 2 aromatic heterocycles. The molecule has 0 aliphatic carbocycles. The molecule has 0 bridgehead atoms. The summed E-state index contributed by atoms with van der Waals surface area (Å²) in [6.45, 7) is 5.35. The Kier molecular flexibility index (Phi) is 8.60. The highest BCUT2D eigenvalue weighted by atomic mass is 35.5. The summed E-state index contributed by atoms with van der Waals surface area (Å²) >= 11 is 6.22. The van der Waals surface area contributed by atoms with Gasteiger partial charge in [0.25, 0.3) is 0 Å². The van der Waals surface area contributed by atoms with E-state index in [1.165, 1.54) is 17.8 Å². The molecule has 1 aliphatic heterocycles. The molecule has 0 spiro atoms. The van der Waals surface area contributed by atoms with Crippen molar-refractivity contribution >= 4 is 58.5 Å². The van der Waals surface area contributed by atoms with Crippen LogP contribution in [-0.4, -0.2) is 80.3 Å². The number of ether oxygens (including phenoxy) is 5. The van der Waals surface area contributed by atoms with Crippen molar-refractivity contribution in [1.82, 2.24) is 19.5 Å². The van der Waals surface area contributed by atoms with E-state index in [1.807, 2.05) is 0 Å². The van der Waals surface area contributed by atoms with Gasteiger partial charge in [-0.15, -0.1) is 0 Å². The Morgan fingerprint density at radius 3 is 2.08 bits per heavy atom. The summed E-state index contributed by atoms with van der Waals surface area (Å²) in [5, 5.41) is 2.31. The average molecular weight is 542 g/mol. The summed E-state index contributed by atoms with van der Waals surface area (Å²) in [4.78, 5) is 71.4. The number of amides is 1. The molecule has 15 nitrogen and oxygen atoms in total. The molecule has 3 heterocycles. The molecule has 0 aromatic carbocycles. The van der Waals surface area contributed by atoms with E-state index in [-0.39, 0.29) is 22.3 Å². The Labute approximate surface area is 214 Å². The van der Waals surface area contributed by atoms with Crippen molar-refractivity contribution in [3.8, 4) is 0 Å². The summed E-state index contributed by atoms with van der Waals surface area (Å²) in [6.07, 6.45) is -5.35. The summed E-state index contributed by atoms with van der Waals surface area (Å²) < 4.78 is 28.7. The molecule has 0 radical (unpaired) electrons. The van der Waals surface area contributed by atoms with Gasteiger partial charge < -0.3 is 23.7 Å². The standard InChI is InChI=1S/C21H24ClN5O10/c1-8(28)24-21-25-18(22)14-19(26-21)27(7-23-14)20-17(36-12(5)32)16(35-11(4)31)15(34-10(3)30)13(37-20)6-33-9(2)29/h7,13,15-17,20H,6H2,1-5H3,(H,24,25,26,28)/t13-,15-,16+,17-,20-/m1/s1. The molecule has 16 heteroatoms. The highest BCUT2D eigenvalue weighted by Gasteiger charge is 2.53. The number of nitrogens with one attached hydrogen (secondary N) is 1. The predicted molar refractivity (Wildman–Crippen MR) is 122 cm³/mol. The van der Waals surface area contributed by atoms with Crippen molar-refractivity contribution in [1.29, 1.82) is 0 Å². The number of halogens is 1. The van der Waals surface area contributed by atoms with E-state index in [1.54, 1.807) is 0 Å². The SMILES string of the molecule is CC(=O)Nc1nc(Cl)c2ncn([C@@H]3O[C@H](COC(C)=O)[C@@H](OC(C)=O)[C@H](OC(C)=O)[C@H]3OC(C)=O)c2n1. The van der Waals surface area contributed by atoms with Crippen molar-refractivity contribution in [2.45, 2.75) is 65.3 Å². The summed E-state index contributed by atoms with van der Waals surface area (Å²) in [6, 6.07) is 0. The lowest BCUT2D eigenvalue weighted by molar-refractivity contribution is -0.267. The van der Waals surface area contributed by atoms with E-state index in [4.69, 9.17) is 35.3 Å². The molecule has 1 aliphatic rings. The van der Waals surface area contributed by atoms with Gasteiger partial charge in [0.15, 0.2) is 35.3 Å². The average Bonchev–Trinajstić information content (AvgIpc) is 3.18. The Balaban J connectivity index is 2.18. The van der Waals surface area contributed by atoms with E-state index >= 15 is 0 Å². The van der Waals surface area contributed by atoms with Gasteiger partial charge in [-0.3, -0.25) is 33.9 Å². The Morgan fingerprint density at radius 1 is 0.919 bits per heavy atom. The smallest absolute Gasteiger partial charge is 0.303 e. The van der Waals surface area contributed by atoms with Crippen LogP contribution in [0.2, 0.25) is 5.15 Å². The van der Waals surface area contributed by atoms with Crippen LogP contribution >= 0.6 is 11.6 Å². The highest BCUT2D eigenvalue weighted by Crippen LogP contribution is 2.36. The number of nitrogens with zero attached hydrogens (tertiary/aromatic N) is 4. The van der Waals surface area contributed by atoms with Crippen molar-refractivity contribution in [2.24, 2.45) is 0 Å². The van der Waals surface area contributed by atoms with E-state index in [9.17, 15) is 24.0 Å². The van der Waals surface area contributed by atoms with Gasteiger partial charge in [-0.25, -0.2) is 4.98 Å². The molecule has 3 rings (SSSR count). The zero-order valence-electron chi connectivity index (χ0n) is 20.4. The zero-order chi connectivity index (χ0) is 27.4. The second-order valence-corrected chi connectivity index (χ2v) is 8.29. The van der Waals surface area contributed by atoms with E-state index in [0.717, 1.165) is 27.7 Å². The van der Waals surface area contributed by atoms with Crippen LogP contribution in [-0.2, 0) is 47.7 Å². The van der Waals surface area contributed by atoms with Crippen LogP contribution in [0.4, 0.5) is 5.95 Å². The normalized spacial score (nSPS) is 23.1. The predicted octanol–water partition coefficient (Wildman–Crippen LogP) is 0.694. The van der Waals surface area contributed by atoms with E-state index in [0.29, 0.717) is 0 Å². The van der Waals surface area contributed by atoms with Gasteiger partial charge in [0.05, 0.1) is 6.33 Å². The quantitative estimate of drug-likeness (QED) is 0.293. The molecule has 1 N–H and O–H groups in total. The van der Waals surface area contributed by atoms with Crippen molar-refractivity contribution in [2.75, 3.05) is 11.9 Å². The van der Waals surface area contributed by atoms with Crippen LogP contribution in [0.5, 0.6) is 0 Å². The fourth-order valence-corrected chi connectivity index (χ4v) is 3.92. The van der Waals surface area contributed by atoms with Crippen LogP contribution in [0.1, 0.15) is 40.8 Å². The molecule has 0 saturated carbocycles. The minimum absolute atomic E-state index is 0.0599. The van der Waals surface area contributed by atoms with Gasteiger partial charge in [0, 0.05) is 34.6 Å². The molecular weight excluding hydrogens is 518 g/mol. The third-order valence-corrected chi connectivity index (χ3v) is 5.17. The van der Waals surface area contributed by atoms with Gasteiger partial charge >= 0.3 is 23.9 Å². The van der Waals surface area contributed by atoms with Gasteiger partial charge in [-0.1, -0.05) is 11.6 Å². The molecule has 2 aromatic rings. The number of hydrogen-bond donors (Lipinski definition) is 1. The largest absolute Gasteiger partial charge is 0.463 e. The third kappa shape index (κ3) is 6.68. The number of hydrogen-bond acceptors (Lipinski definition) is 13. The molecule has 1 saturated heterocycles. The van der Waals surface area contributed by atoms with E-state index in [2.05, 4.69) is 20.3 Å². The first-order valence-electron chi connectivity index (χ1n) is 10.9. The molecule has 37 heavy (non-hydrogen) atoms. The lowest BCUT2D eigenvalue weighted by atomic mass is 9.97. The Hall–Kier alpha value is -3.85. The summed E-state index contributed by atoms with van der Waals surface area (Å²) in [5.41, 5.74) is 0.174. The zero-order valence-corrected chi connectivity index (χ0v) is 21.2. The van der Waals surface area contributed by atoms with E-state index < -0.39 is 67.0 Å². The van der Waals surface area contributed by atoms with Crippen LogP contribution in [0.25, 0.3) is 11.2 Å². The lowest BCUT2D eigenvalue weighted by Crippen LogP contribution is -2.60. The van der Waals surface area contributed by atoms with Crippen molar-refractivity contribution < 1.29 is 47.7 Å². The van der Waals surface area contributed by atoms with Gasteiger partial charge in [0.2, 0.25) is 11.9 Å². The molecule has 5 atom stereocenters. The third-order valence-electron chi connectivity index (χ3n) is 4.91. The monoisotopic (exact) mass is 541 g/mol. The van der Waals surface area contributed by atoms with Gasteiger partial charge in [-0.05, 0) is 0 Å². The highest BCUT2D eigenvalue weighted by molar-refractivity contribution is 6.33. The maximum atomic E-state index is 12.1. The van der Waals surface area contributed by atoms with Crippen LogP contribution in [0.15, 0.2) is 6.33 Å². The topological polar surface area (TPSA) is 187 Å². The maximum absolute atomic E-state index is 12.1. The first kappa shape index (κ1) is 27.7. The number of aromatic nitrogens is 4. The number of carbonyl (C=O) groups excluding carboxylic acids is 5. The molecule has 1 fully saturated rings. The van der Waals surface area contributed by atoms with Gasteiger partial charge in [0.1, 0.15) is 18.2 Å². The lowest BCUT2D eigenvalue weighted by Gasteiger charge is -2.44. The number of fused-ring (bicyclic) bond motifs is 1. The Morgan fingerprint density at radius 2 is 1.51 bits per heavy atom. The number of carbonyl (C=O) groups is 5. The fourth-order valence-electron chi connectivity index (χ4n) is 3.71. The Bertz CT molecular complexity index is 1230. The molecule has 200 valence electrons. The number of imidazole rings is 1. The summed E-state index contributed by atoms with van der Waals surface area (Å²) in [5.74, 6) is -3.57. The van der Waals surface area contributed by atoms with Crippen LogP contribution < -0.4 is 5.32 Å². The molecule has 0 unspecified atom stereocenters. The van der Waals surface area contributed by atoms with Crippen LogP contribution in [0, 0.1) is 0 Å². The second-order valence-electron chi connectivity index (χ2n) is 7.93. The minimum atomic E-state index is -1.39. The van der Waals surface area contributed by atoms with Crippen molar-refractivity contribution in [3.63, 3.8) is 0 Å². The number of anilines is 1. The first-order chi connectivity index (χ1) is 17.4. The van der Waals surface area contributed by atoms with Gasteiger partial charge in [-0.2, -0.15) is 9.97 Å². The minimum Gasteiger partial charge on any atom is -0.463 e. The van der Waals surface area contributed by atoms with Crippen LogP contribution in [0.3, 0.4) is 0 Å². The maximum Gasteiger partial charge on any atom is 0.303 e. The fraction of sp³-hybridized carbons (Fsp3) is 0.524. The van der Waals surface area contributed by atoms with Crippen molar-refractivity contribution in [3.05, 3.63) is 11.5 Å². The summed E-state index contributed by atoms with van der Waals surface area (Å²) in [7, 11) is 0. The molecular formula is C21H24ClN5O10. The number of rotatable bonds is 7. The first-order valence-corrected chi connectivity index (χ1v) is 11.2. The molecule has 1 amide bonds. The second kappa shape index (κ2) is 11.5. The number of esters is 4.